The van der Waals surface area contributed by atoms with Gasteiger partial charge in [0, 0.05) is 32.8 Å². The molecule has 0 saturated carbocycles. The van der Waals surface area contributed by atoms with Gasteiger partial charge >= 0.3 is 0 Å². The summed E-state index contributed by atoms with van der Waals surface area (Å²) in [5.41, 5.74) is 0. The molecule has 9 nitrogen and oxygen atoms in total. The van der Waals surface area contributed by atoms with E-state index in [0.717, 1.165) is 0 Å². The fourth-order valence-corrected chi connectivity index (χ4v) is 4.58. The molecule has 0 aliphatic carbocycles. The summed E-state index contributed by atoms with van der Waals surface area (Å²) < 4.78 is 43.8. The largest absolute Gasteiger partial charge is 0.497 e. The van der Waals surface area contributed by atoms with Gasteiger partial charge in [-0.2, -0.15) is 4.31 Å². The summed E-state index contributed by atoms with van der Waals surface area (Å²) in [5, 5.41) is 8.11. The quantitative estimate of drug-likeness (QED) is 0.679. The van der Waals surface area contributed by atoms with Crippen molar-refractivity contribution in [1.29, 1.82) is 0 Å². The number of nitrogens with zero attached hydrogens (tertiary/aromatic N) is 4. The molecule has 10 heteroatoms. The molecule has 0 amide bonds. The van der Waals surface area contributed by atoms with Crippen molar-refractivity contribution < 1.29 is 22.6 Å². The molecule has 2 aromatic rings. The second kappa shape index (κ2) is 8.19. The van der Waals surface area contributed by atoms with E-state index in [1.54, 1.807) is 24.3 Å². The van der Waals surface area contributed by atoms with E-state index >= 15 is 0 Å². The van der Waals surface area contributed by atoms with E-state index in [1.165, 1.54) is 24.6 Å². The summed E-state index contributed by atoms with van der Waals surface area (Å²) in [7, 11) is 2.92. The number of ether oxygens (including phenoxy) is 3. The Morgan fingerprint density at radius 3 is 2.50 bits per heavy atom. The van der Waals surface area contributed by atoms with E-state index in [1.807, 2.05) is 19.0 Å². The summed E-state index contributed by atoms with van der Waals surface area (Å²) in [4.78, 5) is 1.91. The van der Waals surface area contributed by atoms with Crippen molar-refractivity contribution in [3.63, 3.8) is 0 Å². The second-order valence-electron chi connectivity index (χ2n) is 6.53. The highest BCUT2D eigenvalue weighted by Crippen LogP contribution is 2.32. The van der Waals surface area contributed by atoms with Gasteiger partial charge < -0.3 is 19.1 Å². The van der Waals surface area contributed by atoms with Gasteiger partial charge in [0.15, 0.2) is 5.82 Å². The molecule has 28 heavy (non-hydrogen) atoms. The first-order valence-electron chi connectivity index (χ1n) is 8.75. The molecule has 0 N–H and O–H groups in total. The monoisotopic (exact) mass is 408 g/mol. The van der Waals surface area contributed by atoms with Gasteiger partial charge in [-0.15, -0.1) is 10.2 Å². The third-order valence-electron chi connectivity index (χ3n) is 4.47. The Morgan fingerprint density at radius 1 is 1.11 bits per heavy atom. The van der Waals surface area contributed by atoms with Crippen molar-refractivity contribution in [3.05, 3.63) is 30.3 Å². The van der Waals surface area contributed by atoms with Gasteiger partial charge in [-0.05, 0) is 24.6 Å². The van der Waals surface area contributed by atoms with Crippen LogP contribution in [0.25, 0.3) is 0 Å². The van der Waals surface area contributed by atoms with Crippen LogP contribution in [-0.4, -0.2) is 70.4 Å². The molecule has 1 fully saturated rings. The molecular formula is C18H24N4O5S. The van der Waals surface area contributed by atoms with Crippen molar-refractivity contribution in [2.75, 3.05) is 46.3 Å². The Morgan fingerprint density at radius 2 is 1.89 bits per heavy atom. The minimum atomic E-state index is -3.75. The first-order valence-corrected chi connectivity index (χ1v) is 10.2. The first kappa shape index (κ1) is 20.2. The van der Waals surface area contributed by atoms with Crippen LogP contribution in [0.4, 0.5) is 5.82 Å². The highest BCUT2D eigenvalue weighted by Gasteiger charge is 2.35. The Bertz CT molecular complexity index is 918. The van der Waals surface area contributed by atoms with Crippen LogP contribution in [0.1, 0.15) is 6.42 Å². The number of anilines is 1. The molecule has 1 aliphatic rings. The van der Waals surface area contributed by atoms with Gasteiger partial charge in [0.1, 0.15) is 22.5 Å². The van der Waals surface area contributed by atoms with E-state index in [-0.39, 0.29) is 23.3 Å². The maximum absolute atomic E-state index is 13.1. The number of hydrogen-bond acceptors (Lipinski definition) is 8. The van der Waals surface area contributed by atoms with Crippen LogP contribution in [0, 0.1) is 0 Å². The van der Waals surface area contributed by atoms with Crippen LogP contribution in [0.3, 0.4) is 0 Å². The van der Waals surface area contributed by atoms with Crippen molar-refractivity contribution >= 4 is 15.8 Å². The van der Waals surface area contributed by atoms with Crippen molar-refractivity contribution in [1.82, 2.24) is 14.5 Å². The summed E-state index contributed by atoms with van der Waals surface area (Å²) in [5.74, 6) is 1.81. The van der Waals surface area contributed by atoms with E-state index < -0.39 is 10.0 Å². The number of hydrogen-bond donors (Lipinski definition) is 0. The minimum Gasteiger partial charge on any atom is -0.497 e. The van der Waals surface area contributed by atoms with Gasteiger partial charge in [-0.3, -0.25) is 0 Å². The van der Waals surface area contributed by atoms with Gasteiger partial charge in [0.05, 0.1) is 20.8 Å². The minimum absolute atomic E-state index is 0.0742. The smallest absolute Gasteiger partial charge is 0.247 e. The Labute approximate surface area is 164 Å². The molecule has 2 heterocycles. The van der Waals surface area contributed by atoms with Crippen LogP contribution in [0.5, 0.6) is 17.4 Å². The molecule has 1 aliphatic heterocycles. The van der Waals surface area contributed by atoms with Crippen molar-refractivity contribution in [2.24, 2.45) is 0 Å². The highest BCUT2D eigenvalue weighted by atomic mass is 32.2. The average molecular weight is 408 g/mol. The predicted octanol–water partition coefficient (Wildman–Crippen LogP) is 1.40. The van der Waals surface area contributed by atoms with Crippen LogP contribution < -0.4 is 19.1 Å². The lowest BCUT2D eigenvalue weighted by Crippen LogP contribution is -2.31. The standard InChI is InChI=1S/C18H24N4O5S/c1-21(2)17-7-8-18(20-19-17)27-14-9-10-22(12-14)28(23,24)16-11-13(25-3)5-6-15(16)26-4/h5-8,11,14H,9-10,12H2,1-4H3. The molecule has 1 unspecified atom stereocenters. The molecule has 3 rings (SSSR count). The molecule has 0 radical (unpaired) electrons. The van der Waals surface area contributed by atoms with Gasteiger partial charge in [0.2, 0.25) is 15.9 Å². The van der Waals surface area contributed by atoms with Gasteiger partial charge in [-0.25, -0.2) is 8.42 Å². The molecule has 1 saturated heterocycles. The summed E-state index contributed by atoms with van der Waals surface area (Å²) >= 11 is 0. The zero-order valence-electron chi connectivity index (χ0n) is 16.3. The van der Waals surface area contributed by atoms with E-state index in [9.17, 15) is 8.42 Å². The lowest BCUT2D eigenvalue weighted by molar-refractivity contribution is 0.204. The van der Waals surface area contributed by atoms with Crippen molar-refractivity contribution in [3.8, 4) is 17.4 Å². The molecule has 0 bridgehead atoms. The first-order chi connectivity index (χ1) is 13.3. The van der Waals surface area contributed by atoms with E-state index in [2.05, 4.69) is 10.2 Å². The number of benzene rings is 1. The highest BCUT2D eigenvalue weighted by molar-refractivity contribution is 7.89. The zero-order valence-corrected chi connectivity index (χ0v) is 17.1. The number of sulfonamides is 1. The zero-order chi connectivity index (χ0) is 20.3. The Hall–Kier alpha value is -2.59. The third-order valence-corrected chi connectivity index (χ3v) is 6.35. The normalized spacial score (nSPS) is 17.4. The summed E-state index contributed by atoms with van der Waals surface area (Å²) in [6, 6.07) is 8.23. The van der Waals surface area contributed by atoms with Gasteiger partial charge in [-0.1, -0.05) is 0 Å². The fraction of sp³-hybridized carbons (Fsp3) is 0.444. The number of methoxy groups -OCH3 is 2. The average Bonchev–Trinajstić information content (AvgIpc) is 3.17. The molecule has 0 spiro atoms. The second-order valence-corrected chi connectivity index (χ2v) is 8.44. The molecular weight excluding hydrogens is 384 g/mol. The Kier molecular flexibility index (Phi) is 5.90. The van der Waals surface area contributed by atoms with Gasteiger partial charge in [0.25, 0.3) is 0 Å². The summed E-state index contributed by atoms with van der Waals surface area (Å²) in [6.45, 7) is 0.566. The van der Waals surface area contributed by atoms with Crippen LogP contribution in [-0.2, 0) is 10.0 Å². The molecule has 152 valence electrons. The topological polar surface area (TPSA) is 94.1 Å². The van der Waals surface area contributed by atoms with E-state index in [4.69, 9.17) is 14.2 Å². The molecule has 1 aromatic carbocycles. The van der Waals surface area contributed by atoms with Crippen LogP contribution in [0.2, 0.25) is 0 Å². The Balaban J connectivity index is 1.74. The fourth-order valence-electron chi connectivity index (χ4n) is 2.92. The third kappa shape index (κ3) is 4.12. The lowest BCUT2D eigenvalue weighted by Gasteiger charge is -2.19. The number of rotatable bonds is 7. The maximum atomic E-state index is 13.1. The molecule has 1 atom stereocenters. The van der Waals surface area contributed by atoms with E-state index in [0.29, 0.717) is 30.4 Å². The predicted molar refractivity (Wildman–Crippen MR) is 104 cm³/mol. The van der Waals surface area contributed by atoms with Crippen LogP contribution >= 0.6 is 0 Å². The SMILES string of the molecule is COc1ccc(OC)c(S(=O)(=O)N2CCC(Oc3ccc(N(C)C)nn3)C2)c1. The lowest BCUT2D eigenvalue weighted by atomic mass is 10.3. The van der Waals surface area contributed by atoms with Crippen LogP contribution in [0.15, 0.2) is 35.2 Å². The maximum Gasteiger partial charge on any atom is 0.247 e. The number of aromatic nitrogens is 2. The van der Waals surface area contributed by atoms with Crippen molar-refractivity contribution in [2.45, 2.75) is 17.4 Å². The summed E-state index contributed by atoms with van der Waals surface area (Å²) in [6.07, 6.45) is 0.258. The molecule has 1 aromatic heterocycles.